The van der Waals surface area contributed by atoms with E-state index in [0.717, 1.165) is 22.4 Å². The van der Waals surface area contributed by atoms with E-state index in [9.17, 15) is 8.42 Å². The van der Waals surface area contributed by atoms with Crippen LogP contribution in [0.2, 0.25) is 0 Å². The third-order valence-corrected chi connectivity index (χ3v) is 8.18. The maximum atomic E-state index is 11.0. The summed E-state index contributed by atoms with van der Waals surface area (Å²) in [7, 11) is -3.98. The fraction of sp³-hybridized carbons (Fsp3) is 0.731. The zero-order chi connectivity index (χ0) is 25.4. The lowest BCUT2D eigenvalue weighted by Gasteiger charge is -2.08. The Morgan fingerprint density at radius 1 is 0.914 bits per heavy atom. The van der Waals surface area contributed by atoms with Crippen molar-refractivity contribution in [2.45, 2.75) is 110 Å². The van der Waals surface area contributed by atoms with Gasteiger partial charge in [-0.1, -0.05) is 102 Å². The van der Waals surface area contributed by atoms with Crippen LogP contribution < -0.4 is 15.4 Å². The lowest BCUT2D eigenvalue weighted by molar-refractivity contribution is 0.304. The average Bonchev–Trinajstić information content (AvgIpc) is 3.17. The van der Waals surface area contributed by atoms with Gasteiger partial charge in [0.05, 0.1) is 22.6 Å². The highest BCUT2D eigenvalue weighted by molar-refractivity contribution is 7.85. The Bertz CT molecular complexity index is 1020. The Hall–Kier alpha value is -1.58. The number of aromatic nitrogens is 1. The minimum absolute atomic E-state index is 0.287. The fourth-order valence-electron chi connectivity index (χ4n) is 4.35. The molecular weight excluding hydrogens is 482 g/mol. The molecule has 0 amide bonds. The summed E-state index contributed by atoms with van der Waals surface area (Å²) in [6.07, 6.45) is 19.0. The molecule has 3 N–H and O–H groups in total. The van der Waals surface area contributed by atoms with E-state index in [0.29, 0.717) is 18.0 Å². The van der Waals surface area contributed by atoms with Crippen LogP contribution in [0.5, 0.6) is 5.75 Å². The SMILES string of the molecule is CCCCCCCCCCCCCCCCOc1ccc2c(c1)s/c(=N/N)n2CCCS(=O)(=O)O. The molecule has 0 atom stereocenters. The van der Waals surface area contributed by atoms with Crippen LogP contribution in [0.15, 0.2) is 23.3 Å². The number of thiazole rings is 1. The molecule has 200 valence electrons. The molecule has 2 aromatic rings. The average molecular weight is 528 g/mol. The topological polar surface area (TPSA) is 107 Å². The minimum atomic E-state index is -3.98. The van der Waals surface area contributed by atoms with Crippen LogP contribution in [0.3, 0.4) is 0 Å². The number of fused-ring (bicyclic) bond motifs is 1. The first-order chi connectivity index (χ1) is 16.9. The van der Waals surface area contributed by atoms with Gasteiger partial charge in [-0.2, -0.15) is 13.5 Å². The van der Waals surface area contributed by atoms with Crippen molar-refractivity contribution in [3.8, 4) is 5.75 Å². The Morgan fingerprint density at radius 3 is 2.03 bits per heavy atom. The Balaban J connectivity index is 1.59. The first kappa shape index (κ1) is 29.6. The molecule has 0 saturated carbocycles. The molecule has 0 unspecified atom stereocenters. The number of aryl methyl sites for hydroxylation is 1. The molecule has 0 spiro atoms. The van der Waals surface area contributed by atoms with Crippen LogP contribution in [0.25, 0.3) is 10.2 Å². The molecule has 35 heavy (non-hydrogen) atoms. The normalized spacial score (nSPS) is 12.6. The first-order valence-electron chi connectivity index (χ1n) is 13.4. The van der Waals surface area contributed by atoms with Gasteiger partial charge in [-0.15, -0.1) is 0 Å². The van der Waals surface area contributed by atoms with E-state index < -0.39 is 10.1 Å². The number of unbranched alkanes of at least 4 members (excludes halogenated alkanes) is 13. The second-order valence-corrected chi connectivity index (χ2v) is 12.0. The van der Waals surface area contributed by atoms with Crippen molar-refractivity contribution in [1.29, 1.82) is 0 Å². The van der Waals surface area contributed by atoms with Gasteiger partial charge in [-0.25, -0.2) is 0 Å². The van der Waals surface area contributed by atoms with E-state index >= 15 is 0 Å². The van der Waals surface area contributed by atoms with Crippen molar-refractivity contribution in [2.24, 2.45) is 10.9 Å². The zero-order valence-corrected chi connectivity index (χ0v) is 23.1. The van der Waals surface area contributed by atoms with Gasteiger partial charge in [0.15, 0.2) is 0 Å². The first-order valence-corrected chi connectivity index (χ1v) is 15.8. The number of benzene rings is 1. The molecule has 0 fully saturated rings. The van der Waals surface area contributed by atoms with Gasteiger partial charge in [-0.3, -0.25) is 4.55 Å². The highest BCUT2D eigenvalue weighted by Gasteiger charge is 2.10. The molecule has 1 aromatic carbocycles. The highest BCUT2D eigenvalue weighted by Crippen LogP contribution is 2.24. The van der Waals surface area contributed by atoms with E-state index in [1.54, 1.807) is 0 Å². The van der Waals surface area contributed by atoms with Gasteiger partial charge in [0.2, 0.25) is 4.80 Å². The molecular formula is C26H45N3O4S2. The monoisotopic (exact) mass is 527 g/mol. The molecule has 0 aliphatic carbocycles. The third-order valence-electron chi connectivity index (χ3n) is 6.32. The standard InChI is InChI=1S/C26H45N3O4S2/c1-2-3-4-5-6-7-8-9-10-11-12-13-14-15-20-33-23-17-18-24-25(22-23)34-26(28-27)29(24)19-16-21-35(30,31)32/h17-18,22H,2-16,19-21,27H2,1H3,(H,30,31,32)/b28-26+. The van der Waals surface area contributed by atoms with E-state index in [2.05, 4.69) is 12.0 Å². The Kier molecular flexibility index (Phi) is 14.4. The number of ether oxygens (including phenoxy) is 1. The summed E-state index contributed by atoms with van der Waals surface area (Å²) < 4.78 is 39.7. The molecule has 9 heteroatoms. The maximum absolute atomic E-state index is 11.0. The van der Waals surface area contributed by atoms with Crippen LogP contribution >= 0.6 is 11.3 Å². The summed E-state index contributed by atoms with van der Waals surface area (Å²) in [5, 5.41) is 3.83. The Morgan fingerprint density at radius 2 is 1.49 bits per heavy atom. The molecule has 0 saturated heterocycles. The summed E-state index contributed by atoms with van der Waals surface area (Å²) in [6, 6.07) is 5.87. The van der Waals surface area contributed by atoms with Gasteiger partial charge in [0, 0.05) is 6.54 Å². The van der Waals surface area contributed by atoms with Crippen molar-refractivity contribution in [3.05, 3.63) is 23.0 Å². The lowest BCUT2D eigenvalue weighted by Crippen LogP contribution is -2.18. The van der Waals surface area contributed by atoms with E-state index in [4.69, 9.17) is 15.1 Å². The van der Waals surface area contributed by atoms with Crippen molar-refractivity contribution in [3.63, 3.8) is 0 Å². The van der Waals surface area contributed by atoms with Gasteiger partial charge < -0.3 is 15.1 Å². The van der Waals surface area contributed by atoms with Crippen molar-refractivity contribution in [1.82, 2.24) is 4.57 Å². The largest absolute Gasteiger partial charge is 0.494 e. The van der Waals surface area contributed by atoms with Gasteiger partial charge >= 0.3 is 0 Å². The second kappa shape index (κ2) is 17.0. The van der Waals surface area contributed by atoms with Crippen LogP contribution in [0, 0.1) is 0 Å². The number of nitrogens with zero attached hydrogens (tertiary/aromatic N) is 2. The Labute approximate surface area is 215 Å². The van der Waals surface area contributed by atoms with Crippen molar-refractivity contribution in [2.75, 3.05) is 12.4 Å². The summed E-state index contributed by atoms with van der Waals surface area (Å²) >= 11 is 1.44. The number of hydrogen-bond acceptors (Lipinski definition) is 6. The highest BCUT2D eigenvalue weighted by atomic mass is 32.2. The van der Waals surface area contributed by atoms with E-state index in [-0.39, 0.29) is 12.2 Å². The predicted octanol–water partition coefficient (Wildman–Crippen LogP) is 6.62. The molecule has 2 rings (SSSR count). The molecule has 0 radical (unpaired) electrons. The summed E-state index contributed by atoms with van der Waals surface area (Å²) in [4.78, 5) is 0.611. The summed E-state index contributed by atoms with van der Waals surface area (Å²) in [5.74, 6) is 6.06. The number of nitrogens with two attached hydrogens (primary N) is 1. The third kappa shape index (κ3) is 12.3. The fourth-order valence-corrected chi connectivity index (χ4v) is 5.85. The smallest absolute Gasteiger partial charge is 0.264 e. The molecule has 1 aromatic heterocycles. The predicted molar refractivity (Wildman–Crippen MR) is 146 cm³/mol. The lowest BCUT2D eigenvalue weighted by atomic mass is 10.0. The minimum Gasteiger partial charge on any atom is -0.494 e. The van der Waals surface area contributed by atoms with Gasteiger partial charge in [0.25, 0.3) is 10.1 Å². The molecule has 7 nitrogen and oxygen atoms in total. The van der Waals surface area contributed by atoms with E-state index in [1.165, 1.54) is 94.8 Å². The molecule has 0 bridgehead atoms. The molecule has 0 aliphatic heterocycles. The van der Waals surface area contributed by atoms with Crippen molar-refractivity contribution >= 4 is 31.7 Å². The maximum Gasteiger partial charge on any atom is 0.264 e. The van der Waals surface area contributed by atoms with Gasteiger partial charge in [-0.05, 0) is 31.0 Å². The van der Waals surface area contributed by atoms with E-state index in [1.807, 2.05) is 22.8 Å². The molecule has 1 heterocycles. The number of rotatable bonds is 20. The van der Waals surface area contributed by atoms with Crippen LogP contribution in [0.4, 0.5) is 0 Å². The zero-order valence-electron chi connectivity index (χ0n) is 21.4. The quantitative estimate of drug-likeness (QED) is 0.0871. The van der Waals surface area contributed by atoms with Crippen LogP contribution in [-0.4, -0.2) is 29.9 Å². The van der Waals surface area contributed by atoms with Crippen LogP contribution in [-0.2, 0) is 16.7 Å². The van der Waals surface area contributed by atoms with Gasteiger partial charge in [0.1, 0.15) is 5.75 Å². The van der Waals surface area contributed by atoms with Crippen LogP contribution in [0.1, 0.15) is 103 Å². The molecule has 0 aliphatic rings. The van der Waals surface area contributed by atoms with Crippen molar-refractivity contribution < 1.29 is 17.7 Å². The number of hydrogen-bond donors (Lipinski definition) is 2. The summed E-state index contributed by atoms with van der Waals surface area (Å²) in [5.41, 5.74) is 0.929. The second-order valence-electron chi connectivity index (χ2n) is 9.38. The summed E-state index contributed by atoms with van der Waals surface area (Å²) in [6.45, 7) is 3.39.